The number of nitro groups is 1. The van der Waals surface area contributed by atoms with Gasteiger partial charge in [-0.05, 0) is 30.3 Å². The number of nitrogens with zero attached hydrogens (tertiary/aromatic N) is 1. The van der Waals surface area contributed by atoms with Crippen LogP contribution in [-0.4, -0.2) is 17.9 Å². The molecule has 0 radical (unpaired) electrons. The van der Waals surface area contributed by atoms with Crippen LogP contribution < -0.4 is 10.1 Å². The molecular weight excluding hydrogens is 331 g/mol. The van der Waals surface area contributed by atoms with Crippen LogP contribution in [-0.2, 0) is 0 Å². The summed E-state index contributed by atoms with van der Waals surface area (Å²) in [5.74, 6) is -0.0527. The maximum absolute atomic E-state index is 12.2. The van der Waals surface area contributed by atoms with Crippen LogP contribution in [0.25, 0.3) is 0 Å². The van der Waals surface area contributed by atoms with Crippen LogP contribution >= 0.6 is 23.2 Å². The Labute approximate surface area is 135 Å². The zero-order chi connectivity index (χ0) is 16.3. The van der Waals surface area contributed by atoms with E-state index >= 15 is 0 Å². The van der Waals surface area contributed by atoms with Crippen LogP contribution in [0.1, 0.15) is 10.4 Å². The highest BCUT2D eigenvalue weighted by molar-refractivity contribution is 6.33. The SMILES string of the molecule is COc1ccc(Cl)cc1NC(=O)c1ccc([N+](=O)[O-])c(Cl)c1. The van der Waals surface area contributed by atoms with E-state index in [1.54, 1.807) is 12.1 Å². The molecule has 0 heterocycles. The molecule has 0 atom stereocenters. The third kappa shape index (κ3) is 3.47. The maximum Gasteiger partial charge on any atom is 0.287 e. The number of anilines is 1. The summed E-state index contributed by atoms with van der Waals surface area (Å²) in [5, 5.41) is 13.6. The maximum atomic E-state index is 12.2. The summed E-state index contributed by atoms with van der Waals surface area (Å²) < 4.78 is 5.12. The Morgan fingerprint density at radius 1 is 1.23 bits per heavy atom. The molecule has 2 aromatic rings. The fraction of sp³-hybridized carbons (Fsp3) is 0.0714. The molecule has 2 rings (SSSR count). The van der Waals surface area contributed by atoms with E-state index in [4.69, 9.17) is 27.9 Å². The molecular formula is C14H10Cl2N2O4. The number of halogens is 2. The van der Waals surface area contributed by atoms with Crippen molar-refractivity contribution >= 4 is 40.5 Å². The highest BCUT2D eigenvalue weighted by Crippen LogP contribution is 2.29. The number of carbonyl (C=O) groups is 1. The molecule has 8 heteroatoms. The zero-order valence-corrected chi connectivity index (χ0v) is 12.8. The van der Waals surface area contributed by atoms with Crippen LogP contribution in [0, 0.1) is 10.1 Å². The van der Waals surface area contributed by atoms with Crippen LogP contribution in [0.4, 0.5) is 11.4 Å². The quantitative estimate of drug-likeness (QED) is 0.669. The monoisotopic (exact) mass is 340 g/mol. The minimum atomic E-state index is -0.621. The van der Waals surface area contributed by atoms with Crippen LogP contribution in [0.5, 0.6) is 5.75 Å². The first-order valence-corrected chi connectivity index (χ1v) is 6.77. The summed E-state index contributed by atoms with van der Waals surface area (Å²) in [6.45, 7) is 0. The van der Waals surface area contributed by atoms with Gasteiger partial charge in [-0.3, -0.25) is 14.9 Å². The van der Waals surface area contributed by atoms with Gasteiger partial charge in [-0.2, -0.15) is 0 Å². The average molecular weight is 341 g/mol. The lowest BCUT2D eigenvalue weighted by atomic mass is 10.2. The number of amides is 1. The lowest BCUT2D eigenvalue weighted by Gasteiger charge is -2.10. The molecule has 0 bridgehead atoms. The number of nitrogens with one attached hydrogen (secondary N) is 1. The molecule has 0 aliphatic heterocycles. The van der Waals surface area contributed by atoms with E-state index in [2.05, 4.69) is 5.32 Å². The van der Waals surface area contributed by atoms with Gasteiger partial charge in [0.1, 0.15) is 10.8 Å². The minimum absolute atomic E-state index is 0.115. The van der Waals surface area contributed by atoms with Crippen molar-refractivity contribution < 1.29 is 14.5 Å². The molecule has 0 aliphatic rings. The number of methoxy groups -OCH3 is 1. The van der Waals surface area contributed by atoms with E-state index in [-0.39, 0.29) is 16.3 Å². The smallest absolute Gasteiger partial charge is 0.287 e. The molecule has 1 N–H and O–H groups in total. The van der Waals surface area contributed by atoms with Gasteiger partial charge in [0.25, 0.3) is 11.6 Å². The second kappa shape index (κ2) is 6.64. The third-order valence-electron chi connectivity index (χ3n) is 2.82. The summed E-state index contributed by atoms with van der Waals surface area (Å²) in [7, 11) is 1.46. The Bertz CT molecular complexity index is 750. The predicted molar refractivity (Wildman–Crippen MR) is 84.1 cm³/mol. The summed E-state index contributed by atoms with van der Waals surface area (Å²) in [6, 6.07) is 8.49. The molecule has 114 valence electrons. The molecule has 0 fully saturated rings. The second-order valence-electron chi connectivity index (χ2n) is 4.22. The van der Waals surface area contributed by atoms with Crippen molar-refractivity contribution in [2.45, 2.75) is 0 Å². The van der Waals surface area contributed by atoms with Gasteiger partial charge in [0, 0.05) is 16.7 Å². The van der Waals surface area contributed by atoms with Gasteiger partial charge in [0.05, 0.1) is 17.7 Å². The highest BCUT2D eigenvalue weighted by Gasteiger charge is 2.16. The van der Waals surface area contributed by atoms with E-state index in [0.717, 1.165) is 0 Å². The topological polar surface area (TPSA) is 81.5 Å². The predicted octanol–water partition coefficient (Wildman–Crippen LogP) is 4.16. The van der Waals surface area contributed by atoms with Crippen molar-refractivity contribution in [2.24, 2.45) is 0 Å². The average Bonchev–Trinajstić information content (AvgIpc) is 2.47. The Kier molecular flexibility index (Phi) is 4.85. The molecule has 0 aliphatic carbocycles. The first kappa shape index (κ1) is 16.1. The van der Waals surface area contributed by atoms with Crippen LogP contribution in [0.2, 0.25) is 10.0 Å². The minimum Gasteiger partial charge on any atom is -0.495 e. The molecule has 22 heavy (non-hydrogen) atoms. The van der Waals surface area contributed by atoms with E-state index < -0.39 is 10.8 Å². The van der Waals surface area contributed by atoms with Gasteiger partial charge >= 0.3 is 0 Å². The number of hydrogen-bond donors (Lipinski definition) is 1. The molecule has 6 nitrogen and oxygen atoms in total. The summed E-state index contributed by atoms with van der Waals surface area (Å²) >= 11 is 11.7. The largest absolute Gasteiger partial charge is 0.495 e. The molecule has 2 aromatic carbocycles. The number of carbonyl (C=O) groups excluding carboxylic acids is 1. The van der Waals surface area contributed by atoms with Crippen molar-refractivity contribution in [3.05, 3.63) is 62.1 Å². The fourth-order valence-corrected chi connectivity index (χ4v) is 2.19. The number of nitro benzene ring substituents is 1. The summed E-state index contributed by atoms with van der Waals surface area (Å²) in [6.07, 6.45) is 0. The fourth-order valence-electron chi connectivity index (χ4n) is 1.77. The number of benzene rings is 2. The van der Waals surface area contributed by atoms with Gasteiger partial charge in [0.15, 0.2) is 0 Å². The van der Waals surface area contributed by atoms with E-state index in [1.165, 1.54) is 31.4 Å². The summed E-state index contributed by atoms with van der Waals surface area (Å²) in [4.78, 5) is 22.3. The Morgan fingerprint density at radius 2 is 1.95 bits per heavy atom. The van der Waals surface area contributed by atoms with Gasteiger partial charge in [0.2, 0.25) is 0 Å². The molecule has 1 amide bonds. The molecule has 0 unspecified atom stereocenters. The van der Waals surface area contributed by atoms with Gasteiger partial charge < -0.3 is 10.1 Å². The molecule has 0 spiro atoms. The first-order valence-electron chi connectivity index (χ1n) is 6.01. The Morgan fingerprint density at radius 3 is 2.55 bits per heavy atom. The van der Waals surface area contributed by atoms with Gasteiger partial charge in [-0.25, -0.2) is 0 Å². The van der Waals surface area contributed by atoms with Gasteiger partial charge in [-0.1, -0.05) is 23.2 Å². The van der Waals surface area contributed by atoms with Crippen molar-refractivity contribution in [3.63, 3.8) is 0 Å². The number of hydrogen-bond acceptors (Lipinski definition) is 4. The standard InChI is InChI=1S/C14H10Cl2N2O4/c1-22-13-5-3-9(15)7-11(13)17-14(19)8-2-4-12(18(20)21)10(16)6-8/h2-7H,1H3,(H,17,19). The Hall–Kier alpha value is -2.31. The van der Waals surface area contributed by atoms with Crippen molar-refractivity contribution in [3.8, 4) is 5.75 Å². The van der Waals surface area contributed by atoms with Crippen LogP contribution in [0.3, 0.4) is 0 Å². The lowest BCUT2D eigenvalue weighted by molar-refractivity contribution is -0.384. The molecule has 0 saturated heterocycles. The van der Waals surface area contributed by atoms with Crippen molar-refractivity contribution in [1.82, 2.24) is 0 Å². The highest BCUT2D eigenvalue weighted by atomic mass is 35.5. The molecule has 0 saturated carbocycles. The van der Waals surface area contributed by atoms with E-state index in [1.807, 2.05) is 0 Å². The molecule has 0 aromatic heterocycles. The third-order valence-corrected chi connectivity index (χ3v) is 3.35. The lowest BCUT2D eigenvalue weighted by Crippen LogP contribution is -2.12. The first-order chi connectivity index (χ1) is 10.4. The van der Waals surface area contributed by atoms with Crippen molar-refractivity contribution in [2.75, 3.05) is 12.4 Å². The number of rotatable bonds is 4. The summed E-state index contributed by atoms with van der Waals surface area (Å²) in [5.41, 5.74) is 0.297. The van der Waals surface area contributed by atoms with Gasteiger partial charge in [-0.15, -0.1) is 0 Å². The van der Waals surface area contributed by atoms with E-state index in [9.17, 15) is 14.9 Å². The zero-order valence-electron chi connectivity index (χ0n) is 11.3. The second-order valence-corrected chi connectivity index (χ2v) is 5.07. The number of ether oxygens (including phenoxy) is 1. The van der Waals surface area contributed by atoms with Crippen molar-refractivity contribution in [1.29, 1.82) is 0 Å². The van der Waals surface area contributed by atoms with E-state index in [0.29, 0.717) is 16.5 Å². The normalized spacial score (nSPS) is 10.1. The Balaban J connectivity index is 2.28. The van der Waals surface area contributed by atoms with Crippen LogP contribution in [0.15, 0.2) is 36.4 Å².